The SMILES string of the molecule is O=C1N(CC2CCCC=N2)c2ccccc2C12COC1=C2C=C2N=CC=NC2C1. The molecule has 0 saturated heterocycles. The topological polar surface area (TPSA) is 66.6 Å². The van der Waals surface area contributed by atoms with Gasteiger partial charge in [-0.2, -0.15) is 0 Å². The largest absolute Gasteiger partial charge is 0.496 e. The number of hydrogen-bond donors (Lipinski definition) is 0. The van der Waals surface area contributed by atoms with Crippen LogP contribution in [0.25, 0.3) is 0 Å². The number of amides is 1. The highest BCUT2D eigenvalue weighted by atomic mass is 16.5. The van der Waals surface area contributed by atoms with Crippen LogP contribution in [0.3, 0.4) is 0 Å². The van der Waals surface area contributed by atoms with Gasteiger partial charge in [-0.15, -0.1) is 0 Å². The molecule has 1 spiro atoms. The van der Waals surface area contributed by atoms with Crippen LogP contribution in [0.15, 0.2) is 62.3 Å². The molecular weight excluding hydrogens is 364 g/mol. The van der Waals surface area contributed by atoms with Crippen molar-refractivity contribution in [3.63, 3.8) is 0 Å². The van der Waals surface area contributed by atoms with Crippen LogP contribution in [0.4, 0.5) is 5.69 Å². The smallest absolute Gasteiger partial charge is 0.245 e. The number of allylic oxidation sites excluding steroid dienone is 1. The molecule has 4 aliphatic heterocycles. The molecular formula is C23H22N4O2. The summed E-state index contributed by atoms with van der Waals surface area (Å²) in [6.07, 6.45) is 11.4. The Bertz CT molecular complexity index is 1050. The maximum absolute atomic E-state index is 13.9. The minimum Gasteiger partial charge on any atom is -0.496 e. The third-order valence-corrected chi connectivity index (χ3v) is 6.64. The highest BCUT2D eigenvalue weighted by molar-refractivity contribution is 6.17. The third-order valence-electron chi connectivity index (χ3n) is 6.64. The molecule has 5 aliphatic rings. The van der Waals surface area contributed by atoms with Gasteiger partial charge in [0.1, 0.15) is 17.8 Å². The number of aliphatic imine (C=N–C) groups is 3. The van der Waals surface area contributed by atoms with Crippen molar-refractivity contribution in [1.29, 1.82) is 0 Å². The fourth-order valence-electron chi connectivity index (χ4n) is 5.20. The number of rotatable bonds is 2. The highest BCUT2D eigenvalue weighted by Crippen LogP contribution is 2.53. The molecule has 3 atom stereocenters. The summed E-state index contributed by atoms with van der Waals surface area (Å²) in [5.41, 5.74) is 3.12. The summed E-state index contributed by atoms with van der Waals surface area (Å²) in [5, 5.41) is 0. The molecule has 0 aromatic heterocycles. The Morgan fingerprint density at radius 3 is 3.03 bits per heavy atom. The van der Waals surface area contributed by atoms with Crippen LogP contribution in [0.2, 0.25) is 0 Å². The lowest BCUT2D eigenvalue weighted by Crippen LogP contribution is -2.45. The van der Waals surface area contributed by atoms with E-state index in [2.05, 4.69) is 27.1 Å². The van der Waals surface area contributed by atoms with E-state index < -0.39 is 5.41 Å². The van der Waals surface area contributed by atoms with E-state index in [9.17, 15) is 4.79 Å². The van der Waals surface area contributed by atoms with Crippen LogP contribution in [0.5, 0.6) is 0 Å². The Morgan fingerprint density at radius 1 is 1.21 bits per heavy atom. The van der Waals surface area contributed by atoms with Crippen molar-refractivity contribution >= 4 is 30.2 Å². The van der Waals surface area contributed by atoms with Crippen molar-refractivity contribution in [3.05, 3.63) is 52.9 Å². The van der Waals surface area contributed by atoms with E-state index in [0.717, 1.165) is 47.5 Å². The van der Waals surface area contributed by atoms with E-state index in [-0.39, 0.29) is 18.0 Å². The van der Waals surface area contributed by atoms with E-state index in [1.54, 1.807) is 12.4 Å². The Hall–Kier alpha value is -3.02. The average Bonchev–Trinajstić information content (AvgIpc) is 3.25. The molecule has 29 heavy (non-hydrogen) atoms. The second-order valence-electron chi connectivity index (χ2n) is 8.25. The number of para-hydroxylation sites is 1. The van der Waals surface area contributed by atoms with Crippen LogP contribution in [-0.4, -0.2) is 49.8 Å². The lowest BCUT2D eigenvalue weighted by Gasteiger charge is -2.28. The van der Waals surface area contributed by atoms with Gasteiger partial charge in [-0.05, 0) is 43.2 Å². The lowest BCUT2D eigenvalue weighted by atomic mass is 9.74. The number of ether oxygens (including phenoxy) is 1. The molecule has 0 fully saturated rings. The van der Waals surface area contributed by atoms with Gasteiger partial charge in [0, 0.05) is 36.7 Å². The maximum Gasteiger partial charge on any atom is 0.245 e. The summed E-state index contributed by atoms with van der Waals surface area (Å²) >= 11 is 0. The van der Waals surface area contributed by atoms with Crippen LogP contribution in [0, 0.1) is 0 Å². The van der Waals surface area contributed by atoms with E-state index in [1.165, 1.54) is 0 Å². The number of fused-ring (bicyclic) bond motifs is 4. The molecule has 1 aromatic carbocycles. The van der Waals surface area contributed by atoms with Gasteiger partial charge in [0.25, 0.3) is 0 Å². The molecule has 0 radical (unpaired) electrons. The van der Waals surface area contributed by atoms with Crippen molar-refractivity contribution in [2.45, 2.75) is 43.2 Å². The van der Waals surface area contributed by atoms with Crippen molar-refractivity contribution in [2.24, 2.45) is 15.0 Å². The highest BCUT2D eigenvalue weighted by Gasteiger charge is 2.58. The zero-order chi connectivity index (χ0) is 19.4. The van der Waals surface area contributed by atoms with Gasteiger partial charge >= 0.3 is 0 Å². The predicted molar refractivity (Wildman–Crippen MR) is 113 cm³/mol. The summed E-state index contributed by atoms with van der Waals surface area (Å²) < 4.78 is 6.14. The fourth-order valence-corrected chi connectivity index (χ4v) is 5.20. The first kappa shape index (κ1) is 16.9. The molecule has 4 heterocycles. The zero-order valence-electron chi connectivity index (χ0n) is 16.1. The van der Waals surface area contributed by atoms with Crippen LogP contribution in [0.1, 0.15) is 31.2 Å². The Kier molecular flexibility index (Phi) is 3.63. The first-order valence-electron chi connectivity index (χ1n) is 10.3. The second-order valence-corrected chi connectivity index (χ2v) is 8.25. The zero-order valence-corrected chi connectivity index (χ0v) is 16.1. The first-order chi connectivity index (χ1) is 14.3. The molecule has 0 bridgehead atoms. The van der Waals surface area contributed by atoms with Gasteiger partial charge in [-0.1, -0.05) is 18.2 Å². The number of anilines is 1. The van der Waals surface area contributed by atoms with Crippen molar-refractivity contribution in [2.75, 3.05) is 18.1 Å². The molecule has 0 saturated carbocycles. The quantitative estimate of drug-likeness (QED) is 0.784. The molecule has 6 heteroatoms. The number of hydrogen-bond acceptors (Lipinski definition) is 5. The summed E-state index contributed by atoms with van der Waals surface area (Å²) in [5.74, 6) is 0.983. The molecule has 146 valence electrons. The lowest BCUT2D eigenvalue weighted by molar-refractivity contribution is -0.122. The van der Waals surface area contributed by atoms with Crippen molar-refractivity contribution in [3.8, 4) is 0 Å². The fraction of sp³-hybridized carbons (Fsp3) is 0.391. The third kappa shape index (κ3) is 2.35. The summed E-state index contributed by atoms with van der Waals surface area (Å²) in [4.78, 5) is 29.5. The molecule has 6 rings (SSSR count). The minimum atomic E-state index is -0.779. The van der Waals surface area contributed by atoms with Gasteiger partial charge in [0.15, 0.2) is 0 Å². The Morgan fingerprint density at radius 2 is 2.14 bits per heavy atom. The molecule has 1 aromatic rings. The summed E-state index contributed by atoms with van der Waals surface area (Å²) in [7, 11) is 0. The van der Waals surface area contributed by atoms with Crippen LogP contribution in [-0.2, 0) is 14.9 Å². The van der Waals surface area contributed by atoms with Crippen LogP contribution < -0.4 is 4.90 Å². The van der Waals surface area contributed by atoms with Crippen LogP contribution >= 0.6 is 0 Å². The second kappa shape index (κ2) is 6.24. The maximum atomic E-state index is 13.9. The average molecular weight is 386 g/mol. The minimum absolute atomic E-state index is 0.00618. The number of carbonyl (C=O) groups is 1. The molecule has 0 N–H and O–H groups in total. The Labute approximate surface area is 169 Å². The van der Waals surface area contributed by atoms with E-state index in [1.807, 2.05) is 29.3 Å². The molecule has 3 unspecified atom stereocenters. The number of nitrogens with zero attached hydrogens (tertiary/aromatic N) is 4. The summed E-state index contributed by atoms with van der Waals surface area (Å²) in [6.45, 7) is 0.972. The molecule has 1 amide bonds. The monoisotopic (exact) mass is 386 g/mol. The van der Waals surface area contributed by atoms with E-state index >= 15 is 0 Å². The van der Waals surface area contributed by atoms with Gasteiger partial charge in [0.2, 0.25) is 5.91 Å². The van der Waals surface area contributed by atoms with Crippen molar-refractivity contribution in [1.82, 2.24) is 0 Å². The van der Waals surface area contributed by atoms with Gasteiger partial charge in [-0.25, -0.2) is 0 Å². The van der Waals surface area contributed by atoms with E-state index in [4.69, 9.17) is 4.74 Å². The summed E-state index contributed by atoms with van der Waals surface area (Å²) in [6, 6.07) is 8.30. The first-order valence-corrected chi connectivity index (χ1v) is 10.3. The molecule has 1 aliphatic carbocycles. The van der Waals surface area contributed by atoms with Gasteiger partial charge < -0.3 is 9.64 Å². The Balaban J connectivity index is 1.44. The number of carbonyl (C=O) groups excluding carboxylic acids is 1. The number of benzene rings is 1. The van der Waals surface area contributed by atoms with Crippen molar-refractivity contribution < 1.29 is 9.53 Å². The normalized spacial score (nSPS) is 31.7. The standard InChI is InChI=1S/C23H22N4O2/c28-22-23(14-29-21-12-19-18(11-17(21)23)25-9-10-26-19)16-6-1-2-7-20(16)27(22)13-15-5-3-4-8-24-15/h1-2,6-11,15,19H,3-5,12-14H2. The van der Waals surface area contributed by atoms with E-state index in [0.29, 0.717) is 19.6 Å². The van der Waals surface area contributed by atoms with Gasteiger partial charge in [-0.3, -0.25) is 19.8 Å². The van der Waals surface area contributed by atoms with Gasteiger partial charge in [0.05, 0.1) is 17.8 Å². The predicted octanol–water partition coefficient (Wildman–Crippen LogP) is 2.99. The molecule has 6 nitrogen and oxygen atoms in total.